The molecule has 0 atom stereocenters. The second-order valence-corrected chi connectivity index (χ2v) is 7.11. The first-order chi connectivity index (χ1) is 11.3. The predicted octanol–water partition coefficient (Wildman–Crippen LogP) is 3.46. The molecule has 1 heterocycles. The molecule has 2 N–H and O–H groups in total. The molecule has 0 radical (unpaired) electrons. The number of benzene rings is 1. The van der Waals surface area contributed by atoms with Crippen LogP contribution in [0.3, 0.4) is 0 Å². The summed E-state index contributed by atoms with van der Waals surface area (Å²) in [6.45, 7) is 7.50. The maximum absolute atomic E-state index is 12.2. The summed E-state index contributed by atoms with van der Waals surface area (Å²) in [5.74, 6) is 0.373. The van der Waals surface area contributed by atoms with Crippen LogP contribution in [0.15, 0.2) is 30.3 Å². The van der Waals surface area contributed by atoms with E-state index in [1.807, 2.05) is 56.0 Å². The minimum Gasteiger partial charge on any atom is -0.444 e. The average molecular weight is 333 g/mol. The molecule has 1 aliphatic rings. The maximum atomic E-state index is 12.2. The molecule has 2 rings (SSSR count). The minimum atomic E-state index is -0.483. The highest BCUT2D eigenvalue weighted by Crippen LogP contribution is 2.18. The molecule has 6 heteroatoms. The molecule has 1 saturated heterocycles. The maximum Gasteiger partial charge on any atom is 0.407 e. The smallest absolute Gasteiger partial charge is 0.407 e. The second-order valence-electron chi connectivity index (χ2n) is 7.11. The first-order valence-electron chi connectivity index (χ1n) is 8.41. The fraction of sp³-hybridized carbons (Fsp3) is 0.556. The van der Waals surface area contributed by atoms with E-state index in [0.717, 1.165) is 18.5 Å². The number of rotatable bonds is 3. The lowest BCUT2D eigenvalue weighted by molar-refractivity contribution is 0.0512. The Labute approximate surface area is 143 Å². The Kier molecular flexibility index (Phi) is 6.06. The molecule has 0 unspecified atom stereocenters. The van der Waals surface area contributed by atoms with Crippen LogP contribution in [-0.4, -0.2) is 42.3 Å². The van der Waals surface area contributed by atoms with Gasteiger partial charge in [0, 0.05) is 25.3 Å². The molecule has 1 aliphatic heterocycles. The van der Waals surface area contributed by atoms with Gasteiger partial charge in [-0.15, -0.1) is 0 Å². The molecule has 132 valence electrons. The molecule has 0 spiro atoms. The number of anilines is 1. The van der Waals surface area contributed by atoms with Gasteiger partial charge in [-0.05, 0) is 51.7 Å². The van der Waals surface area contributed by atoms with E-state index in [1.165, 1.54) is 0 Å². The topological polar surface area (TPSA) is 70.7 Å². The number of nitrogens with zero attached hydrogens (tertiary/aromatic N) is 1. The van der Waals surface area contributed by atoms with Gasteiger partial charge in [-0.1, -0.05) is 18.2 Å². The van der Waals surface area contributed by atoms with Crippen molar-refractivity contribution < 1.29 is 14.3 Å². The van der Waals surface area contributed by atoms with Crippen molar-refractivity contribution in [1.29, 1.82) is 0 Å². The van der Waals surface area contributed by atoms with Crippen LogP contribution < -0.4 is 10.6 Å². The summed E-state index contributed by atoms with van der Waals surface area (Å²) < 4.78 is 5.23. The van der Waals surface area contributed by atoms with Crippen molar-refractivity contribution in [3.8, 4) is 0 Å². The van der Waals surface area contributed by atoms with Crippen LogP contribution in [0.1, 0.15) is 33.6 Å². The molecule has 3 amide bonds. The zero-order chi connectivity index (χ0) is 17.6. The van der Waals surface area contributed by atoms with Gasteiger partial charge in [-0.3, -0.25) is 0 Å². The molecule has 0 bridgehead atoms. The monoisotopic (exact) mass is 333 g/mol. The molecule has 24 heavy (non-hydrogen) atoms. The summed E-state index contributed by atoms with van der Waals surface area (Å²) in [7, 11) is 0. The highest BCUT2D eigenvalue weighted by Gasteiger charge is 2.24. The number of amides is 3. The van der Waals surface area contributed by atoms with E-state index in [1.54, 1.807) is 0 Å². The van der Waals surface area contributed by atoms with Crippen LogP contribution in [0.5, 0.6) is 0 Å². The number of piperidine rings is 1. The quantitative estimate of drug-likeness (QED) is 0.890. The summed E-state index contributed by atoms with van der Waals surface area (Å²) in [6.07, 6.45) is 1.36. The summed E-state index contributed by atoms with van der Waals surface area (Å²) in [5, 5.41) is 5.71. The Morgan fingerprint density at radius 2 is 1.79 bits per heavy atom. The molecule has 1 aromatic rings. The zero-order valence-electron chi connectivity index (χ0n) is 14.7. The van der Waals surface area contributed by atoms with Crippen molar-refractivity contribution in [3.05, 3.63) is 30.3 Å². The molecule has 0 aromatic heterocycles. The van der Waals surface area contributed by atoms with Gasteiger partial charge in [0.05, 0.1) is 0 Å². The Morgan fingerprint density at radius 3 is 2.38 bits per heavy atom. The second kappa shape index (κ2) is 8.04. The van der Waals surface area contributed by atoms with Crippen LogP contribution in [0.2, 0.25) is 0 Å². The van der Waals surface area contributed by atoms with E-state index >= 15 is 0 Å². The van der Waals surface area contributed by atoms with Crippen molar-refractivity contribution in [2.24, 2.45) is 5.92 Å². The minimum absolute atomic E-state index is 0.0697. The van der Waals surface area contributed by atoms with Crippen LogP contribution in [-0.2, 0) is 4.74 Å². The molecular weight excluding hydrogens is 306 g/mol. The third kappa shape index (κ3) is 6.10. The number of para-hydroxylation sites is 1. The van der Waals surface area contributed by atoms with Gasteiger partial charge in [-0.2, -0.15) is 0 Å². The van der Waals surface area contributed by atoms with Crippen LogP contribution in [0.25, 0.3) is 0 Å². The summed E-state index contributed by atoms with van der Waals surface area (Å²) in [5.41, 5.74) is 0.319. The highest BCUT2D eigenvalue weighted by atomic mass is 16.6. The fourth-order valence-corrected chi connectivity index (χ4v) is 2.61. The lowest BCUT2D eigenvalue weighted by atomic mass is 9.97. The highest BCUT2D eigenvalue weighted by molar-refractivity contribution is 5.89. The summed E-state index contributed by atoms with van der Waals surface area (Å²) in [4.78, 5) is 25.7. The van der Waals surface area contributed by atoms with Gasteiger partial charge in [-0.25, -0.2) is 9.59 Å². The van der Waals surface area contributed by atoms with Gasteiger partial charge in [0.1, 0.15) is 5.60 Å². The predicted molar refractivity (Wildman–Crippen MR) is 94.0 cm³/mol. The number of nitrogens with one attached hydrogen (secondary N) is 2. The van der Waals surface area contributed by atoms with E-state index in [2.05, 4.69) is 10.6 Å². The van der Waals surface area contributed by atoms with Crippen molar-refractivity contribution in [1.82, 2.24) is 10.2 Å². The van der Waals surface area contributed by atoms with Gasteiger partial charge in [0.2, 0.25) is 0 Å². The van der Waals surface area contributed by atoms with Crippen molar-refractivity contribution in [3.63, 3.8) is 0 Å². The normalized spacial score (nSPS) is 15.7. The Bertz CT molecular complexity index is 546. The number of likely N-dealkylation sites (tertiary alicyclic amines) is 1. The van der Waals surface area contributed by atoms with E-state index in [9.17, 15) is 9.59 Å². The molecule has 1 aromatic carbocycles. The summed E-state index contributed by atoms with van der Waals surface area (Å²) in [6, 6.07) is 9.37. The van der Waals surface area contributed by atoms with E-state index in [0.29, 0.717) is 25.6 Å². The third-order valence-electron chi connectivity index (χ3n) is 3.86. The van der Waals surface area contributed by atoms with Crippen molar-refractivity contribution >= 4 is 17.8 Å². The first kappa shape index (κ1) is 18.1. The van der Waals surface area contributed by atoms with Crippen LogP contribution >= 0.6 is 0 Å². The van der Waals surface area contributed by atoms with Gasteiger partial charge in [0.15, 0.2) is 0 Å². The first-order valence-corrected chi connectivity index (χ1v) is 8.41. The van der Waals surface area contributed by atoms with E-state index in [4.69, 9.17) is 4.74 Å². The van der Waals surface area contributed by atoms with Crippen molar-refractivity contribution in [2.75, 3.05) is 25.0 Å². The van der Waals surface area contributed by atoms with Crippen molar-refractivity contribution in [2.45, 2.75) is 39.2 Å². The number of urea groups is 1. The molecule has 0 saturated carbocycles. The zero-order valence-corrected chi connectivity index (χ0v) is 14.7. The molecule has 6 nitrogen and oxygen atoms in total. The van der Waals surface area contributed by atoms with Gasteiger partial charge >= 0.3 is 12.1 Å². The summed E-state index contributed by atoms with van der Waals surface area (Å²) >= 11 is 0. The third-order valence-corrected chi connectivity index (χ3v) is 3.86. The number of hydrogen-bond donors (Lipinski definition) is 2. The van der Waals surface area contributed by atoms with E-state index in [-0.39, 0.29) is 12.1 Å². The number of hydrogen-bond acceptors (Lipinski definition) is 3. The number of carbonyl (C=O) groups is 2. The lowest BCUT2D eigenvalue weighted by Crippen LogP contribution is -2.43. The molecular formula is C18H27N3O3. The fourth-order valence-electron chi connectivity index (χ4n) is 2.61. The van der Waals surface area contributed by atoms with Gasteiger partial charge < -0.3 is 20.3 Å². The van der Waals surface area contributed by atoms with E-state index < -0.39 is 5.60 Å². The number of ether oxygens (including phenoxy) is 1. The Morgan fingerprint density at radius 1 is 1.17 bits per heavy atom. The number of carbonyl (C=O) groups excluding carboxylic acids is 2. The Hall–Kier alpha value is -2.24. The lowest BCUT2D eigenvalue weighted by Gasteiger charge is -2.32. The van der Waals surface area contributed by atoms with Crippen LogP contribution in [0, 0.1) is 5.92 Å². The van der Waals surface area contributed by atoms with Crippen LogP contribution in [0.4, 0.5) is 15.3 Å². The molecule has 1 fully saturated rings. The average Bonchev–Trinajstić information content (AvgIpc) is 2.53. The van der Waals surface area contributed by atoms with Gasteiger partial charge in [0.25, 0.3) is 0 Å². The SMILES string of the molecule is CC(C)(C)OC(=O)NCC1CCN(C(=O)Nc2ccccc2)CC1. The number of alkyl carbamates (subject to hydrolysis) is 1. The molecule has 0 aliphatic carbocycles. The standard InChI is InChI=1S/C18H27N3O3/c1-18(2,3)24-17(23)19-13-14-9-11-21(12-10-14)16(22)20-15-7-5-4-6-8-15/h4-8,14H,9-13H2,1-3H3,(H,19,23)(H,20,22). The Balaban J connectivity index is 1.69. The largest absolute Gasteiger partial charge is 0.444 e.